The predicted octanol–water partition coefficient (Wildman–Crippen LogP) is -5.50. The van der Waals surface area contributed by atoms with Crippen LogP contribution in [0.4, 0.5) is 4.79 Å². The first-order valence-electron chi connectivity index (χ1n) is 15.0. The minimum Gasteiger partial charge on any atom is -0.465 e. The number of carbonyl (C=O) groups excluding carboxylic acids is 7. The van der Waals surface area contributed by atoms with Crippen LogP contribution in [0.1, 0.15) is 26.5 Å². The number of nitrogens with two attached hydrogens (primary N) is 1. The molecule has 0 radical (unpaired) electrons. The number of aliphatic hydroxyl groups excluding tert-OH is 2. The third kappa shape index (κ3) is 14.1. The van der Waals surface area contributed by atoms with E-state index in [-0.39, 0.29) is 17.9 Å². The standard InChI is InChI=1S/C27H44N10O11S2/c1-11(2)19(26(46)35-18(9-50)25(45)33-15(6-38)20(28)40)37-21(41)12(3)31-22(42)14(4-13-5-29-10-30-13)32-24(44)17(8-49)34-23(43)16(7-39)36-27(47)48/h5,10-12,14-19,36,38-39,49-50H,4,6-9H2,1-3H3,(H2,28,40)(H,29,30)(H,31,42)(H,32,44)(H,33,45)(H,34,43)(H,35,46)(H,37,41)(H,47,48)/t12-,14-,15-,16-,17-,18-,19-/m0/s1. The Kier molecular flexibility index (Phi) is 18.6. The van der Waals surface area contributed by atoms with Gasteiger partial charge in [-0.25, -0.2) is 9.78 Å². The normalized spacial score (nSPS) is 15.1. The van der Waals surface area contributed by atoms with Gasteiger partial charge in [0, 0.05) is 29.8 Å². The lowest BCUT2D eigenvalue weighted by molar-refractivity contribution is -0.135. The minimum absolute atomic E-state index is 0.157. The number of aliphatic hydroxyl groups is 2. The van der Waals surface area contributed by atoms with Gasteiger partial charge < -0.3 is 63.3 Å². The van der Waals surface area contributed by atoms with Crippen molar-refractivity contribution in [2.24, 2.45) is 11.7 Å². The van der Waals surface area contributed by atoms with Crippen molar-refractivity contribution in [2.75, 3.05) is 24.7 Å². The molecule has 0 fully saturated rings. The number of thiol groups is 2. The number of imidazole rings is 1. The number of primary amides is 1. The Balaban J connectivity index is 3.04. The topological polar surface area (TPSA) is 336 Å². The molecule has 1 aromatic rings. The monoisotopic (exact) mass is 748 g/mol. The summed E-state index contributed by atoms with van der Waals surface area (Å²) in [6, 6.07) is -9.52. The van der Waals surface area contributed by atoms with E-state index in [1.54, 1.807) is 19.2 Å². The lowest BCUT2D eigenvalue weighted by Crippen LogP contribution is -2.61. The molecule has 0 aromatic carbocycles. The number of hydrogen-bond acceptors (Lipinski definition) is 13. The first-order valence-corrected chi connectivity index (χ1v) is 16.3. The van der Waals surface area contributed by atoms with Crippen LogP contribution in [-0.4, -0.2) is 140 Å². The summed E-state index contributed by atoms with van der Waals surface area (Å²) in [7, 11) is 0. The van der Waals surface area contributed by atoms with E-state index in [1.807, 2.05) is 0 Å². The Morgan fingerprint density at radius 2 is 1.18 bits per heavy atom. The number of rotatable bonds is 21. The first kappa shape index (κ1) is 43.4. The smallest absolute Gasteiger partial charge is 0.405 e. The van der Waals surface area contributed by atoms with Crippen molar-refractivity contribution < 1.29 is 53.7 Å². The Bertz CT molecular complexity index is 1350. The number of nitrogens with one attached hydrogen (secondary N) is 8. The summed E-state index contributed by atoms with van der Waals surface area (Å²) in [5.74, 6) is -7.32. The van der Waals surface area contributed by atoms with Crippen LogP contribution >= 0.6 is 25.3 Å². The van der Waals surface area contributed by atoms with Crippen LogP contribution in [0.2, 0.25) is 0 Å². The second-order valence-electron chi connectivity index (χ2n) is 11.1. The van der Waals surface area contributed by atoms with Gasteiger partial charge in [0.05, 0.1) is 19.5 Å². The Morgan fingerprint density at radius 3 is 1.62 bits per heavy atom. The number of amides is 8. The van der Waals surface area contributed by atoms with Crippen molar-refractivity contribution in [3.63, 3.8) is 0 Å². The molecule has 1 heterocycles. The van der Waals surface area contributed by atoms with Crippen LogP contribution < -0.4 is 43.0 Å². The zero-order valence-corrected chi connectivity index (χ0v) is 29.1. The summed E-state index contributed by atoms with van der Waals surface area (Å²) in [6.07, 6.45) is 0.955. The maximum absolute atomic E-state index is 13.4. The van der Waals surface area contributed by atoms with E-state index in [0.717, 1.165) is 0 Å². The van der Waals surface area contributed by atoms with Crippen LogP contribution in [0.25, 0.3) is 0 Å². The van der Waals surface area contributed by atoms with E-state index in [0.29, 0.717) is 5.69 Å². The molecule has 0 bridgehead atoms. The number of aromatic amines is 1. The molecular weight excluding hydrogens is 704 g/mol. The van der Waals surface area contributed by atoms with Gasteiger partial charge in [0.1, 0.15) is 42.3 Å². The molecule has 21 nitrogen and oxygen atoms in total. The summed E-state index contributed by atoms with van der Waals surface area (Å²) in [5, 5.41) is 43.5. The quantitative estimate of drug-likeness (QED) is 0.0524. The van der Waals surface area contributed by atoms with E-state index in [2.05, 4.69) is 67.1 Å². The summed E-state index contributed by atoms with van der Waals surface area (Å²) >= 11 is 8.08. The molecule has 1 aromatic heterocycles. The number of carbonyl (C=O) groups is 8. The molecule has 23 heteroatoms. The van der Waals surface area contributed by atoms with E-state index in [4.69, 9.17) is 10.8 Å². The molecule has 280 valence electrons. The van der Waals surface area contributed by atoms with E-state index < -0.39 is 109 Å². The molecular formula is C27H44N10O11S2. The molecule has 0 saturated heterocycles. The van der Waals surface area contributed by atoms with Crippen LogP contribution in [0, 0.1) is 5.92 Å². The number of carboxylic acid groups (broad SMARTS) is 1. The minimum atomic E-state index is -1.59. The Morgan fingerprint density at radius 1 is 0.700 bits per heavy atom. The SMILES string of the molecule is CC(C)[C@H](NC(=O)[C@H](C)NC(=O)[C@H](Cc1cnc[nH]1)NC(=O)[C@H](CS)NC(=O)[C@H](CO)NC(=O)O)C(=O)N[C@@H](CS)C(=O)N[C@@H](CO)C(N)=O. The lowest BCUT2D eigenvalue weighted by atomic mass is 10.0. The molecule has 8 amide bonds. The van der Waals surface area contributed by atoms with Crippen molar-refractivity contribution in [3.05, 3.63) is 18.2 Å². The first-order chi connectivity index (χ1) is 23.5. The maximum atomic E-state index is 13.4. The summed E-state index contributed by atoms with van der Waals surface area (Å²) in [4.78, 5) is 107. The van der Waals surface area contributed by atoms with Gasteiger partial charge in [-0.2, -0.15) is 25.3 Å². The predicted molar refractivity (Wildman–Crippen MR) is 180 cm³/mol. The molecule has 7 atom stereocenters. The average Bonchev–Trinajstić information content (AvgIpc) is 3.57. The van der Waals surface area contributed by atoms with Crippen LogP contribution in [0.15, 0.2) is 12.5 Å². The molecule has 0 aliphatic heterocycles. The zero-order valence-electron chi connectivity index (χ0n) is 27.3. The summed E-state index contributed by atoms with van der Waals surface area (Å²) < 4.78 is 0. The van der Waals surface area contributed by atoms with Gasteiger partial charge >= 0.3 is 6.09 Å². The lowest BCUT2D eigenvalue weighted by Gasteiger charge is -2.27. The molecule has 0 aliphatic rings. The van der Waals surface area contributed by atoms with Crippen LogP contribution in [-0.2, 0) is 40.0 Å². The number of hydrogen-bond donors (Lipinski definition) is 14. The molecule has 13 N–H and O–H groups in total. The molecule has 0 aliphatic carbocycles. The fourth-order valence-corrected chi connectivity index (χ4v) is 4.55. The van der Waals surface area contributed by atoms with Crippen molar-refractivity contribution in [2.45, 2.75) is 69.5 Å². The second kappa shape index (κ2) is 21.5. The zero-order chi connectivity index (χ0) is 38.1. The van der Waals surface area contributed by atoms with Gasteiger partial charge in [-0.15, -0.1) is 0 Å². The summed E-state index contributed by atoms with van der Waals surface area (Å²) in [6.45, 7) is 2.83. The van der Waals surface area contributed by atoms with E-state index in [1.165, 1.54) is 19.4 Å². The van der Waals surface area contributed by atoms with Crippen molar-refractivity contribution in [1.29, 1.82) is 0 Å². The highest BCUT2D eigenvalue weighted by Gasteiger charge is 2.33. The Labute approximate surface area is 297 Å². The summed E-state index contributed by atoms with van der Waals surface area (Å²) in [5.41, 5.74) is 5.52. The van der Waals surface area contributed by atoms with Crippen LogP contribution in [0.3, 0.4) is 0 Å². The van der Waals surface area contributed by atoms with Gasteiger partial charge in [0.2, 0.25) is 41.4 Å². The van der Waals surface area contributed by atoms with Gasteiger partial charge in [-0.05, 0) is 12.8 Å². The van der Waals surface area contributed by atoms with Gasteiger partial charge in [0.15, 0.2) is 0 Å². The molecule has 0 saturated carbocycles. The fourth-order valence-electron chi connectivity index (χ4n) is 4.03. The Hall–Kier alpha value is -4.61. The number of nitrogens with zero attached hydrogens (tertiary/aromatic N) is 1. The molecule has 0 spiro atoms. The van der Waals surface area contributed by atoms with E-state index >= 15 is 0 Å². The highest BCUT2D eigenvalue weighted by molar-refractivity contribution is 7.80. The fraction of sp³-hybridized carbons (Fsp3) is 0.593. The molecule has 50 heavy (non-hydrogen) atoms. The average molecular weight is 749 g/mol. The van der Waals surface area contributed by atoms with Gasteiger partial charge in [-0.1, -0.05) is 13.8 Å². The third-order valence-electron chi connectivity index (χ3n) is 6.88. The molecule has 0 unspecified atom stereocenters. The highest BCUT2D eigenvalue weighted by Crippen LogP contribution is 2.06. The number of H-pyrrole nitrogens is 1. The maximum Gasteiger partial charge on any atom is 0.405 e. The van der Waals surface area contributed by atoms with Gasteiger partial charge in [-0.3, -0.25) is 33.6 Å². The van der Waals surface area contributed by atoms with Crippen molar-refractivity contribution in [1.82, 2.24) is 47.2 Å². The third-order valence-corrected chi connectivity index (χ3v) is 7.61. The second-order valence-corrected chi connectivity index (χ2v) is 11.9. The van der Waals surface area contributed by atoms with E-state index in [9.17, 15) is 48.6 Å². The van der Waals surface area contributed by atoms with Crippen LogP contribution in [0.5, 0.6) is 0 Å². The van der Waals surface area contributed by atoms with Crippen molar-refractivity contribution in [3.8, 4) is 0 Å². The largest absolute Gasteiger partial charge is 0.465 e. The number of aromatic nitrogens is 2. The molecule has 1 rings (SSSR count). The van der Waals surface area contributed by atoms with Crippen molar-refractivity contribution >= 4 is 72.7 Å². The van der Waals surface area contributed by atoms with Gasteiger partial charge in [0.25, 0.3) is 0 Å². The highest BCUT2D eigenvalue weighted by atomic mass is 32.1.